The molecule has 25 heavy (non-hydrogen) atoms. The van der Waals surface area contributed by atoms with Crippen molar-refractivity contribution in [1.82, 2.24) is 4.90 Å². The van der Waals surface area contributed by atoms with Crippen molar-refractivity contribution in [1.29, 1.82) is 0 Å². The highest BCUT2D eigenvalue weighted by Crippen LogP contribution is 2.38. The molecule has 1 aliphatic heterocycles. The first-order chi connectivity index (χ1) is 11.4. The Morgan fingerprint density at radius 3 is 2.32 bits per heavy atom. The molecule has 0 unspecified atom stereocenters. The van der Waals surface area contributed by atoms with Gasteiger partial charge in [0.05, 0.1) is 0 Å². The summed E-state index contributed by atoms with van der Waals surface area (Å²) in [4.78, 5) is 13.6. The largest absolute Gasteiger partial charge is 0.573 e. The molecule has 1 amide bonds. The molecule has 0 atom stereocenters. The minimum absolute atomic E-state index is 0.198. The standard InChI is InChI=1S/C17H22F3NO4/c1-16(2,3)25-15(23)21-8-6-11(7-9-21)13-5-4-12(22)10-14(13)24-17(18,19)20/h4-5,10-11,22H,6-9H2,1-3H3. The summed E-state index contributed by atoms with van der Waals surface area (Å²) in [6.07, 6.45) is -4.29. The Morgan fingerprint density at radius 1 is 1.20 bits per heavy atom. The van der Waals surface area contributed by atoms with Gasteiger partial charge in [-0.3, -0.25) is 0 Å². The third kappa shape index (κ3) is 5.72. The molecule has 2 rings (SSSR count). The molecule has 1 N–H and O–H groups in total. The minimum atomic E-state index is -4.83. The van der Waals surface area contributed by atoms with E-state index in [0.717, 1.165) is 6.07 Å². The third-order valence-corrected chi connectivity index (χ3v) is 3.81. The molecule has 8 heteroatoms. The summed E-state index contributed by atoms with van der Waals surface area (Å²) in [5.41, 5.74) is -0.225. The highest BCUT2D eigenvalue weighted by Gasteiger charge is 2.34. The lowest BCUT2D eigenvalue weighted by atomic mass is 9.89. The SMILES string of the molecule is CC(C)(C)OC(=O)N1CCC(c2ccc(O)cc2OC(F)(F)F)CC1. The Balaban J connectivity index is 2.07. The molecule has 1 aromatic carbocycles. The van der Waals surface area contributed by atoms with Gasteiger partial charge in [-0.1, -0.05) is 6.07 Å². The predicted molar refractivity (Wildman–Crippen MR) is 84.6 cm³/mol. The molecule has 0 aliphatic carbocycles. The smallest absolute Gasteiger partial charge is 0.508 e. The van der Waals surface area contributed by atoms with Gasteiger partial charge in [-0.25, -0.2) is 4.79 Å². The number of carbonyl (C=O) groups is 1. The van der Waals surface area contributed by atoms with E-state index in [1.165, 1.54) is 12.1 Å². The number of piperidine rings is 1. The zero-order chi connectivity index (χ0) is 18.8. The van der Waals surface area contributed by atoms with E-state index in [-0.39, 0.29) is 11.7 Å². The fourth-order valence-corrected chi connectivity index (χ4v) is 2.77. The number of alkyl halides is 3. The number of aromatic hydroxyl groups is 1. The zero-order valence-electron chi connectivity index (χ0n) is 14.4. The molecule has 1 aliphatic rings. The number of ether oxygens (including phenoxy) is 2. The van der Waals surface area contributed by atoms with Gasteiger partial charge in [-0.05, 0) is 51.2 Å². The van der Waals surface area contributed by atoms with Crippen molar-refractivity contribution in [3.8, 4) is 11.5 Å². The van der Waals surface area contributed by atoms with Crippen molar-refractivity contribution in [2.45, 2.75) is 51.5 Å². The number of halogens is 3. The molecule has 1 heterocycles. The molecule has 0 spiro atoms. The van der Waals surface area contributed by atoms with Crippen LogP contribution in [0.25, 0.3) is 0 Å². The number of likely N-dealkylation sites (tertiary alicyclic amines) is 1. The normalized spacial score (nSPS) is 16.6. The highest BCUT2D eigenvalue weighted by molar-refractivity contribution is 5.68. The number of phenols is 1. The Labute approximate surface area is 144 Å². The average molecular weight is 361 g/mol. The van der Waals surface area contributed by atoms with Gasteiger partial charge in [0.1, 0.15) is 17.1 Å². The number of benzene rings is 1. The molecule has 1 saturated heterocycles. The molecule has 1 aromatic rings. The van der Waals surface area contributed by atoms with E-state index in [4.69, 9.17) is 4.74 Å². The van der Waals surface area contributed by atoms with E-state index >= 15 is 0 Å². The van der Waals surface area contributed by atoms with Gasteiger partial charge in [0.15, 0.2) is 0 Å². The van der Waals surface area contributed by atoms with Gasteiger partial charge < -0.3 is 19.5 Å². The van der Waals surface area contributed by atoms with Gasteiger partial charge in [0, 0.05) is 19.2 Å². The number of phenolic OH excluding ortho intramolecular Hbond substituents is 1. The molecule has 0 aromatic heterocycles. The van der Waals surface area contributed by atoms with Gasteiger partial charge >= 0.3 is 12.5 Å². The maximum absolute atomic E-state index is 12.6. The van der Waals surface area contributed by atoms with Crippen molar-refractivity contribution in [2.24, 2.45) is 0 Å². The summed E-state index contributed by atoms with van der Waals surface area (Å²) in [5, 5.41) is 9.44. The fourth-order valence-electron chi connectivity index (χ4n) is 2.77. The topological polar surface area (TPSA) is 59.0 Å². The summed E-state index contributed by atoms with van der Waals surface area (Å²) >= 11 is 0. The lowest BCUT2D eigenvalue weighted by Crippen LogP contribution is -2.41. The zero-order valence-corrected chi connectivity index (χ0v) is 14.4. The van der Waals surface area contributed by atoms with E-state index in [1.54, 1.807) is 25.7 Å². The third-order valence-electron chi connectivity index (χ3n) is 3.81. The van der Waals surface area contributed by atoms with Crippen LogP contribution in [-0.4, -0.2) is 41.2 Å². The molecule has 0 radical (unpaired) electrons. The van der Waals surface area contributed by atoms with E-state index < -0.39 is 23.8 Å². The molecule has 0 saturated carbocycles. The Bertz CT molecular complexity index is 617. The first-order valence-electron chi connectivity index (χ1n) is 8.01. The molecular weight excluding hydrogens is 339 g/mol. The van der Waals surface area contributed by atoms with Crippen LogP contribution in [0.2, 0.25) is 0 Å². The van der Waals surface area contributed by atoms with E-state index in [2.05, 4.69) is 4.74 Å². The van der Waals surface area contributed by atoms with Crippen molar-refractivity contribution in [3.63, 3.8) is 0 Å². The number of rotatable bonds is 2. The van der Waals surface area contributed by atoms with E-state index in [9.17, 15) is 23.1 Å². The number of hydrogen-bond acceptors (Lipinski definition) is 4. The second-order valence-electron chi connectivity index (χ2n) is 7.01. The van der Waals surface area contributed by atoms with Gasteiger partial charge in [-0.2, -0.15) is 0 Å². The van der Waals surface area contributed by atoms with Crippen LogP contribution in [0.15, 0.2) is 18.2 Å². The van der Waals surface area contributed by atoms with Crippen LogP contribution in [0.4, 0.5) is 18.0 Å². The van der Waals surface area contributed by atoms with Crippen LogP contribution >= 0.6 is 0 Å². The molecule has 0 bridgehead atoms. The van der Waals surface area contributed by atoms with Crippen molar-refractivity contribution in [2.75, 3.05) is 13.1 Å². The molecule has 5 nitrogen and oxygen atoms in total. The summed E-state index contributed by atoms with van der Waals surface area (Å²) in [7, 11) is 0. The molecule has 1 fully saturated rings. The van der Waals surface area contributed by atoms with Crippen LogP contribution in [-0.2, 0) is 4.74 Å². The fraction of sp³-hybridized carbons (Fsp3) is 0.588. The van der Waals surface area contributed by atoms with Gasteiger partial charge in [-0.15, -0.1) is 13.2 Å². The number of carbonyl (C=O) groups excluding carboxylic acids is 1. The van der Waals surface area contributed by atoms with Crippen molar-refractivity contribution < 1.29 is 32.5 Å². The summed E-state index contributed by atoms with van der Waals surface area (Å²) in [6.45, 7) is 6.08. The summed E-state index contributed by atoms with van der Waals surface area (Å²) in [6, 6.07) is 3.73. The molecular formula is C17H22F3NO4. The first-order valence-corrected chi connectivity index (χ1v) is 8.01. The predicted octanol–water partition coefficient (Wildman–Crippen LogP) is 4.41. The monoisotopic (exact) mass is 361 g/mol. The van der Waals surface area contributed by atoms with E-state index in [1.807, 2.05) is 0 Å². The van der Waals surface area contributed by atoms with Crippen LogP contribution in [0.1, 0.15) is 45.1 Å². The Kier molecular flexibility index (Phi) is 5.39. The van der Waals surface area contributed by atoms with Gasteiger partial charge in [0.25, 0.3) is 0 Å². The second-order valence-corrected chi connectivity index (χ2v) is 7.01. The maximum Gasteiger partial charge on any atom is 0.573 e. The van der Waals surface area contributed by atoms with E-state index in [0.29, 0.717) is 31.5 Å². The Hall–Kier alpha value is -2.12. The first kappa shape index (κ1) is 19.2. The van der Waals surface area contributed by atoms with Crippen molar-refractivity contribution in [3.05, 3.63) is 23.8 Å². The summed E-state index contributed by atoms with van der Waals surface area (Å²) < 4.78 is 47.1. The lowest BCUT2D eigenvalue weighted by Gasteiger charge is -2.34. The maximum atomic E-state index is 12.6. The minimum Gasteiger partial charge on any atom is -0.508 e. The quantitative estimate of drug-likeness (QED) is 0.848. The number of amides is 1. The van der Waals surface area contributed by atoms with Gasteiger partial charge in [0.2, 0.25) is 0 Å². The number of hydrogen-bond donors (Lipinski definition) is 1. The summed E-state index contributed by atoms with van der Waals surface area (Å²) in [5.74, 6) is -0.894. The molecule has 140 valence electrons. The number of nitrogens with zero attached hydrogens (tertiary/aromatic N) is 1. The van der Waals surface area contributed by atoms with Crippen LogP contribution in [0.3, 0.4) is 0 Å². The highest BCUT2D eigenvalue weighted by atomic mass is 19.4. The average Bonchev–Trinajstić information content (AvgIpc) is 2.44. The van der Waals surface area contributed by atoms with Crippen molar-refractivity contribution >= 4 is 6.09 Å². The second kappa shape index (κ2) is 7.01. The Morgan fingerprint density at radius 2 is 1.80 bits per heavy atom. The lowest BCUT2D eigenvalue weighted by molar-refractivity contribution is -0.275. The van der Waals surface area contributed by atoms with Crippen LogP contribution in [0, 0.1) is 0 Å². The van der Waals surface area contributed by atoms with Crippen LogP contribution in [0.5, 0.6) is 11.5 Å². The van der Waals surface area contributed by atoms with Crippen LogP contribution < -0.4 is 4.74 Å².